The molecule has 5 nitrogen and oxygen atoms in total. The molecule has 0 aliphatic carbocycles. The molecule has 110 valence electrons. The predicted octanol–water partition coefficient (Wildman–Crippen LogP) is 1.65. The van der Waals surface area contributed by atoms with Gasteiger partial charge in [-0.15, -0.1) is 0 Å². The van der Waals surface area contributed by atoms with Crippen molar-refractivity contribution in [2.75, 3.05) is 30.7 Å². The van der Waals surface area contributed by atoms with Crippen LogP contribution < -0.4 is 16.8 Å². The van der Waals surface area contributed by atoms with Crippen LogP contribution in [0.25, 0.3) is 0 Å². The molecule has 1 heterocycles. The van der Waals surface area contributed by atoms with Gasteiger partial charge in [-0.05, 0) is 45.0 Å². The average Bonchev–Trinajstić information content (AvgIpc) is 2.46. The zero-order chi connectivity index (χ0) is 14.5. The topological polar surface area (TPSA) is 84.4 Å². The van der Waals surface area contributed by atoms with Gasteiger partial charge >= 0.3 is 0 Å². The molecule has 1 saturated heterocycles. The second-order valence-electron chi connectivity index (χ2n) is 5.46. The minimum atomic E-state index is -0.491. The first-order chi connectivity index (χ1) is 9.59. The minimum absolute atomic E-state index is 0.376. The largest absolute Gasteiger partial charge is 0.396 e. The van der Waals surface area contributed by atoms with Crippen molar-refractivity contribution in [1.82, 2.24) is 4.90 Å². The van der Waals surface area contributed by atoms with Gasteiger partial charge in [0.05, 0.1) is 16.9 Å². The van der Waals surface area contributed by atoms with Crippen LogP contribution in [0, 0.1) is 0 Å². The van der Waals surface area contributed by atoms with Crippen LogP contribution in [0.4, 0.5) is 11.4 Å². The van der Waals surface area contributed by atoms with Gasteiger partial charge in [0.2, 0.25) is 0 Å². The van der Waals surface area contributed by atoms with E-state index in [0.29, 0.717) is 17.3 Å². The summed E-state index contributed by atoms with van der Waals surface area (Å²) in [6.07, 6.45) is 3.90. The molecule has 1 atom stereocenters. The van der Waals surface area contributed by atoms with E-state index in [-0.39, 0.29) is 0 Å². The number of hydrogen-bond donors (Lipinski definition) is 3. The third-order valence-electron chi connectivity index (χ3n) is 3.97. The van der Waals surface area contributed by atoms with Gasteiger partial charge in [-0.25, -0.2) is 0 Å². The Kier molecular flexibility index (Phi) is 4.84. The normalized spacial score (nSPS) is 17.6. The van der Waals surface area contributed by atoms with Crippen molar-refractivity contribution >= 4 is 17.3 Å². The van der Waals surface area contributed by atoms with Crippen LogP contribution in [-0.2, 0) is 0 Å². The average molecular weight is 276 g/mol. The zero-order valence-electron chi connectivity index (χ0n) is 12.1. The lowest BCUT2D eigenvalue weighted by atomic mass is 10.1. The third kappa shape index (κ3) is 3.42. The highest BCUT2D eigenvalue weighted by atomic mass is 16.1. The van der Waals surface area contributed by atoms with E-state index in [1.54, 1.807) is 12.1 Å². The summed E-state index contributed by atoms with van der Waals surface area (Å²) in [6, 6.07) is 5.78. The number of anilines is 2. The molecular weight excluding hydrogens is 252 g/mol. The number of nitrogens with one attached hydrogen (secondary N) is 1. The van der Waals surface area contributed by atoms with Crippen molar-refractivity contribution in [3.63, 3.8) is 0 Å². The maximum atomic E-state index is 11.3. The first kappa shape index (κ1) is 14.7. The lowest BCUT2D eigenvalue weighted by Gasteiger charge is -2.32. The second kappa shape index (κ2) is 6.61. The van der Waals surface area contributed by atoms with Gasteiger partial charge in [0.15, 0.2) is 0 Å². The maximum absolute atomic E-state index is 11.3. The molecule has 1 aliphatic heterocycles. The molecule has 1 aliphatic rings. The van der Waals surface area contributed by atoms with E-state index in [4.69, 9.17) is 11.5 Å². The lowest BCUT2D eigenvalue weighted by molar-refractivity contribution is 0.100. The highest BCUT2D eigenvalue weighted by Gasteiger charge is 2.17. The summed E-state index contributed by atoms with van der Waals surface area (Å²) >= 11 is 0. The molecule has 1 amide bonds. The van der Waals surface area contributed by atoms with Crippen molar-refractivity contribution < 1.29 is 4.79 Å². The Morgan fingerprint density at radius 2 is 2.05 bits per heavy atom. The Balaban J connectivity index is 1.96. The Bertz CT molecular complexity index is 469. The van der Waals surface area contributed by atoms with E-state index >= 15 is 0 Å². The zero-order valence-corrected chi connectivity index (χ0v) is 12.1. The van der Waals surface area contributed by atoms with Crippen molar-refractivity contribution in [2.45, 2.75) is 32.2 Å². The first-order valence-electron chi connectivity index (χ1n) is 7.26. The minimum Gasteiger partial charge on any atom is -0.396 e. The highest BCUT2D eigenvalue weighted by molar-refractivity contribution is 6.00. The molecule has 0 aromatic heterocycles. The molecule has 1 fully saturated rings. The number of nitrogens with zero attached hydrogens (tertiary/aromatic N) is 1. The monoisotopic (exact) mass is 276 g/mol. The fourth-order valence-corrected chi connectivity index (χ4v) is 2.68. The smallest absolute Gasteiger partial charge is 0.250 e. The second-order valence-corrected chi connectivity index (χ2v) is 5.46. The van der Waals surface area contributed by atoms with E-state index < -0.39 is 5.91 Å². The molecule has 5 N–H and O–H groups in total. The van der Waals surface area contributed by atoms with Crippen LogP contribution in [0.1, 0.15) is 36.5 Å². The fourth-order valence-electron chi connectivity index (χ4n) is 2.68. The van der Waals surface area contributed by atoms with Crippen LogP contribution in [0.2, 0.25) is 0 Å². The number of primary amides is 1. The summed E-state index contributed by atoms with van der Waals surface area (Å²) in [4.78, 5) is 13.8. The lowest BCUT2D eigenvalue weighted by Crippen LogP contribution is -2.41. The molecule has 1 aromatic rings. The summed E-state index contributed by atoms with van der Waals surface area (Å²) in [5.74, 6) is -0.491. The van der Waals surface area contributed by atoms with Gasteiger partial charge in [0.25, 0.3) is 5.91 Å². The van der Waals surface area contributed by atoms with Gasteiger partial charge in [0.1, 0.15) is 0 Å². The molecule has 1 aromatic carbocycles. The molecule has 2 rings (SSSR count). The van der Waals surface area contributed by atoms with Crippen molar-refractivity contribution in [3.05, 3.63) is 23.8 Å². The number of piperidine rings is 1. The molecule has 0 saturated carbocycles. The van der Waals surface area contributed by atoms with E-state index in [1.165, 1.54) is 32.4 Å². The number of carbonyl (C=O) groups excluding carboxylic acids is 1. The van der Waals surface area contributed by atoms with Crippen LogP contribution in [-0.4, -0.2) is 36.5 Å². The Morgan fingerprint density at radius 3 is 2.70 bits per heavy atom. The van der Waals surface area contributed by atoms with E-state index in [0.717, 1.165) is 12.2 Å². The number of hydrogen-bond acceptors (Lipinski definition) is 4. The number of para-hydroxylation sites is 1. The molecule has 0 radical (unpaired) electrons. The van der Waals surface area contributed by atoms with Crippen molar-refractivity contribution in [3.8, 4) is 0 Å². The van der Waals surface area contributed by atoms with E-state index in [2.05, 4.69) is 17.1 Å². The van der Waals surface area contributed by atoms with Gasteiger partial charge in [-0.1, -0.05) is 12.5 Å². The number of amides is 1. The standard InChI is InChI=1S/C15H24N4O/c1-11(19-8-3-2-4-9-19)10-18-13-7-5-6-12(14(13)16)15(17)20/h5-7,11,18H,2-4,8-10,16H2,1H3,(H2,17,20). The Morgan fingerprint density at radius 1 is 1.35 bits per heavy atom. The highest BCUT2D eigenvalue weighted by Crippen LogP contribution is 2.22. The molecule has 1 unspecified atom stereocenters. The quantitative estimate of drug-likeness (QED) is 0.714. The number of likely N-dealkylation sites (tertiary alicyclic amines) is 1. The van der Waals surface area contributed by atoms with Gasteiger partial charge in [-0.2, -0.15) is 0 Å². The van der Waals surface area contributed by atoms with Gasteiger partial charge < -0.3 is 16.8 Å². The number of benzene rings is 1. The third-order valence-corrected chi connectivity index (χ3v) is 3.97. The van der Waals surface area contributed by atoms with E-state index in [9.17, 15) is 4.79 Å². The van der Waals surface area contributed by atoms with Crippen LogP contribution in [0.3, 0.4) is 0 Å². The summed E-state index contributed by atoms with van der Waals surface area (Å²) in [5, 5.41) is 3.33. The first-order valence-corrected chi connectivity index (χ1v) is 7.26. The number of nitrogens with two attached hydrogens (primary N) is 2. The molecule has 20 heavy (non-hydrogen) atoms. The van der Waals surface area contributed by atoms with Crippen LogP contribution in [0.15, 0.2) is 18.2 Å². The predicted molar refractivity (Wildman–Crippen MR) is 82.7 cm³/mol. The van der Waals surface area contributed by atoms with Gasteiger partial charge in [0, 0.05) is 12.6 Å². The molecular formula is C15H24N4O. The van der Waals surface area contributed by atoms with Crippen LogP contribution in [0.5, 0.6) is 0 Å². The van der Waals surface area contributed by atoms with E-state index in [1.807, 2.05) is 6.07 Å². The summed E-state index contributed by atoms with van der Waals surface area (Å²) in [7, 11) is 0. The van der Waals surface area contributed by atoms with Crippen molar-refractivity contribution in [2.24, 2.45) is 5.73 Å². The molecule has 5 heteroatoms. The maximum Gasteiger partial charge on any atom is 0.250 e. The van der Waals surface area contributed by atoms with Crippen LogP contribution >= 0.6 is 0 Å². The number of nitrogen functional groups attached to an aromatic ring is 1. The summed E-state index contributed by atoms with van der Waals surface area (Å²) < 4.78 is 0. The van der Waals surface area contributed by atoms with Crippen molar-refractivity contribution in [1.29, 1.82) is 0 Å². The summed E-state index contributed by atoms with van der Waals surface area (Å²) in [6.45, 7) is 5.36. The fraction of sp³-hybridized carbons (Fsp3) is 0.533. The summed E-state index contributed by atoms with van der Waals surface area (Å²) in [5.41, 5.74) is 12.9. The number of rotatable bonds is 5. The van der Waals surface area contributed by atoms with Gasteiger partial charge in [-0.3, -0.25) is 9.69 Å². The number of carbonyl (C=O) groups is 1. The Hall–Kier alpha value is -1.75. The SMILES string of the molecule is CC(CNc1cccc(C(N)=O)c1N)N1CCCCC1. The molecule has 0 spiro atoms. The molecule has 0 bridgehead atoms. The Labute approximate surface area is 120 Å².